The number of sulfone groups is 1. The highest BCUT2D eigenvalue weighted by Crippen LogP contribution is 2.21. The molecule has 0 fully saturated rings. The van der Waals surface area contributed by atoms with E-state index in [1.54, 1.807) is 36.0 Å². The number of amides is 1. The van der Waals surface area contributed by atoms with Gasteiger partial charge < -0.3 is 5.32 Å². The van der Waals surface area contributed by atoms with Gasteiger partial charge in [-0.05, 0) is 42.5 Å². The standard InChI is InChI=1S/C16H16ClNO3S2/c1-23(20,21)15-4-2-3-13(11-15)18-16(19)9-10-22-14-7-5-12(17)6-8-14/h2-8,11H,9-10H2,1H3,(H,18,19). The van der Waals surface area contributed by atoms with Crippen molar-refractivity contribution < 1.29 is 13.2 Å². The number of carbonyl (C=O) groups is 1. The van der Waals surface area contributed by atoms with E-state index in [1.165, 1.54) is 12.1 Å². The van der Waals surface area contributed by atoms with Gasteiger partial charge in [-0.15, -0.1) is 11.8 Å². The van der Waals surface area contributed by atoms with Crippen LogP contribution < -0.4 is 5.32 Å². The summed E-state index contributed by atoms with van der Waals surface area (Å²) >= 11 is 7.38. The molecular weight excluding hydrogens is 354 g/mol. The van der Waals surface area contributed by atoms with Gasteiger partial charge in [0, 0.05) is 34.0 Å². The Kier molecular flexibility index (Phi) is 6.10. The van der Waals surface area contributed by atoms with E-state index in [2.05, 4.69) is 5.32 Å². The van der Waals surface area contributed by atoms with Gasteiger partial charge in [0.05, 0.1) is 4.90 Å². The highest BCUT2D eigenvalue weighted by Gasteiger charge is 2.09. The third-order valence-electron chi connectivity index (χ3n) is 2.96. The van der Waals surface area contributed by atoms with Crippen LogP contribution in [0, 0.1) is 0 Å². The summed E-state index contributed by atoms with van der Waals surface area (Å²) in [4.78, 5) is 13.2. The highest BCUT2D eigenvalue weighted by atomic mass is 35.5. The first kappa shape index (κ1) is 17.8. The molecule has 4 nitrogen and oxygen atoms in total. The molecule has 0 saturated carbocycles. The molecule has 23 heavy (non-hydrogen) atoms. The van der Waals surface area contributed by atoms with Crippen LogP contribution in [0.2, 0.25) is 5.02 Å². The molecular formula is C16H16ClNO3S2. The molecule has 2 rings (SSSR count). The number of thioether (sulfide) groups is 1. The summed E-state index contributed by atoms with van der Waals surface area (Å²) in [5, 5.41) is 3.39. The molecule has 0 aromatic heterocycles. The molecule has 0 spiro atoms. The lowest BCUT2D eigenvalue weighted by Crippen LogP contribution is -2.12. The SMILES string of the molecule is CS(=O)(=O)c1cccc(NC(=O)CCSc2ccc(Cl)cc2)c1. The summed E-state index contributed by atoms with van der Waals surface area (Å²) < 4.78 is 23.0. The minimum Gasteiger partial charge on any atom is -0.326 e. The molecule has 0 aliphatic rings. The maximum absolute atomic E-state index is 11.9. The van der Waals surface area contributed by atoms with Gasteiger partial charge >= 0.3 is 0 Å². The van der Waals surface area contributed by atoms with Crippen molar-refractivity contribution in [2.45, 2.75) is 16.2 Å². The molecule has 2 aromatic carbocycles. The van der Waals surface area contributed by atoms with Gasteiger partial charge in [-0.1, -0.05) is 17.7 Å². The third-order valence-corrected chi connectivity index (χ3v) is 5.33. The quantitative estimate of drug-likeness (QED) is 0.785. The summed E-state index contributed by atoms with van der Waals surface area (Å²) in [5.41, 5.74) is 0.481. The van der Waals surface area contributed by atoms with Crippen LogP contribution in [0.4, 0.5) is 5.69 Å². The number of carbonyl (C=O) groups excluding carboxylic acids is 1. The summed E-state index contributed by atoms with van der Waals surface area (Å²) in [6.07, 6.45) is 1.47. The topological polar surface area (TPSA) is 63.2 Å². The zero-order valence-corrected chi connectivity index (χ0v) is 14.8. The van der Waals surface area contributed by atoms with Gasteiger partial charge in [-0.25, -0.2) is 8.42 Å². The number of nitrogens with one attached hydrogen (secondary N) is 1. The molecule has 0 saturated heterocycles. The summed E-state index contributed by atoms with van der Waals surface area (Å²) in [5.74, 6) is 0.469. The monoisotopic (exact) mass is 369 g/mol. The molecule has 122 valence electrons. The molecule has 1 N–H and O–H groups in total. The van der Waals surface area contributed by atoms with E-state index < -0.39 is 9.84 Å². The van der Waals surface area contributed by atoms with E-state index in [1.807, 2.05) is 12.1 Å². The molecule has 0 atom stereocenters. The summed E-state index contributed by atoms with van der Waals surface area (Å²) in [6.45, 7) is 0. The first-order chi connectivity index (χ1) is 10.8. The molecule has 0 unspecified atom stereocenters. The maximum Gasteiger partial charge on any atom is 0.225 e. The van der Waals surface area contributed by atoms with Gasteiger partial charge in [0.25, 0.3) is 0 Å². The van der Waals surface area contributed by atoms with Crippen molar-refractivity contribution in [3.63, 3.8) is 0 Å². The predicted octanol–water partition coefficient (Wildman–Crippen LogP) is 3.86. The van der Waals surface area contributed by atoms with Crippen LogP contribution in [-0.2, 0) is 14.6 Å². The molecule has 0 aliphatic heterocycles. The Bertz CT molecular complexity index is 789. The van der Waals surface area contributed by atoms with E-state index in [9.17, 15) is 13.2 Å². The van der Waals surface area contributed by atoms with Crippen molar-refractivity contribution in [3.8, 4) is 0 Å². The molecule has 0 radical (unpaired) electrons. The third kappa shape index (κ3) is 5.89. The number of halogens is 1. The van der Waals surface area contributed by atoms with Crippen LogP contribution in [-0.4, -0.2) is 26.3 Å². The molecule has 0 bridgehead atoms. The van der Waals surface area contributed by atoms with Crippen LogP contribution in [0.3, 0.4) is 0 Å². The van der Waals surface area contributed by atoms with Crippen LogP contribution in [0.25, 0.3) is 0 Å². The lowest BCUT2D eigenvalue weighted by atomic mass is 10.3. The van der Waals surface area contributed by atoms with Crippen molar-refractivity contribution in [2.75, 3.05) is 17.3 Å². The minimum atomic E-state index is -3.28. The second kappa shape index (κ2) is 7.86. The summed E-state index contributed by atoms with van der Waals surface area (Å²) in [6, 6.07) is 13.6. The Balaban J connectivity index is 1.86. The molecule has 2 aromatic rings. The first-order valence-corrected chi connectivity index (χ1v) is 10.1. The fourth-order valence-corrected chi connectivity index (χ4v) is 3.46. The number of hydrogen-bond acceptors (Lipinski definition) is 4. The Labute approximate surface area is 145 Å². The van der Waals surface area contributed by atoms with Crippen molar-refractivity contribution in [1.82, 2.24) is 0 Å². The Morgan fingerprint density at radius 1 is 1.17 bits per heavy atom. The van der Waals surface area contributed by atoms with E-state index in [-0.39, 0.29) is 10.8 Å². The number of benzene rings is 2. The van der Waals surface area contributed by atoms with E-state index in [4.69, 9.17) is 11.6 Å². The normalized spacial score (nSPS) is 11.2. The fourth-order valence-electron chi connectivity index (χ4n) is 1.82. The molecule has 7 heteroatoms. The average Bonchev–Trinajstić information content (AvgIpc) is 2.49. The van der Waals surface area contributed by atoms with Crippen LogP contribution in [0.5, 0.6) is 0 Å². The zero-order valence-electron chi connectivity index (χ0n) is 12.5. The van der Waals surface area contributed by atoms with Crippen molar-refractivity contribution in [2.24, 2.45) is 0 Å². The summed E-state index contributed by atoms with van der Waals surface area (Å²) in [7, 11) is -3.28. The number of rotatable bonds is 6. The van der Waals surface area contributed by atoms with Crippen LogP contribution in [0.15, 0.2) is 58.3 Å². The van der Waals surface area contributed by atoms with Gasteiger partial charge in [0.2, 0.25) is 5.91 Å². The van der Waals surface area contributed by atoms with Gasteiger partial charge in [0.15, 0.2) is 9.84 Å². The maximum atomic E-state index is 11.9. The largest absolute Gasteiger partial charge is 0.326 e. The molecule has 0 aliphatic carbocycles. The highest BCUT2D eigenvalue weighted by molar-refractivity contribution is 7.99. The smallest absolute Gasteiger partial charge is 0.225 e. The Morgan fingerprint density at radius 2 is 1.87 bits per heavy atom. The number of hydrogen-bond donors (Lipinski definition) is 1. The van der Waals surface area contributed by atoms with Gasteiger partial charge in [-0.3, -0.25) is 4.79 Å². The average molecular weight is 370 g/mol. The first-order valence-electron chi connectivity index (χ1n) is 6.83. The fraction of sp³-hybridized carbons (Fsp3) is 0.188. The van der Waals surface area contributed by atoms with Crippen molar-refractivity contribution >= 4 is 44.8 Å². The van der Waals surface area contributed by atoms with Crippen LogP contribution >= 0.6 is 23.4 Å². The Morgan fingerprint density at radius 3 is 2.52 bits per heavy atom. The van der Waals surface area contributed by atoms with E-state index in [0.717, 1.165) is 11.2 Å². The number of anilines is 1. The minimum absolute atomic E-state index is 0.155. The molecule has 1 amide bonds. The molecule has 0 heterocycles. The second-order valence-electron chi connectivity index (χ2n) is 4.90. The van der Waals surface area contributed by atoms with Gasteiger partial charge in [0.1, 0.15) is 0 Å². The van der Waals surface area contributed by atoms with Crippen LogP contribution in [0.1, 0.15) is 6.42 Å². The van der Waals surface area contributed by atoms with Crippen molar-refractivity contribution in [3.05, 3.63) is 53.6 Å². The lowest BCUT2D eigenvalue weighted by Gasteiger charge is -2.07. The van der Waals surface area contributed by atoms with Gasteiger partial charge in [-0.2, -0.15) is 0 Å². The Hall–Kier alpha value is -1.50. The second-order valence-corrected chi connectivity index (χ2v) is 8.52. The van der Waals surface area contributed by atoms with E-state index in [0.29, 0.717) is 22.9 Å². The zero-order chi connectivity index (χ0) is 16.9. The van der Waals surface area contributed by atoms with E-state index >= 15 is 0 Å². The predicted molar refractivity (Wildman–Crippen MR) is 95.0 cm³/mol. The lowest BCUT2D eigenvalue weighted by molar-refractivity contribution is -0.115. The van der Waals surface area contributed by atoms with Crippen molar-refractivity contribution in [1.29, 1.82) is 0 Å².